The fraction of sp³-hybridized carbons (Fsp3) is 0.316. The summed E-state index contributed by atoms with van der Waals surface area (Å²) in [6, 6.07) is 8.58. The number of benzene rings is 1. The standard InChI is InChI=1S/C19H23N7O5/c20-13(8-12-4-2-1-3-5-12)17(28)22-9-14(27)31-7-6-30-11-26-10-23-15-16(26)24-19(21)25-18(15)29/h1-5,10,13H,6-9,11,20H2,(H,22,28)(H3,21,24,25,29)/t13-/m0/s1. The first-order valence-corrected chi connectivity index (χ1v) is 9.45. The molecule has 12 nitrogen and oxygen atoms in total. The molecule has 0 bridgehead atoms. The van der Waals surface area contributed by atoms with Crippen LogP contribution in [0.3, 0.4) is 0 Å². The smallest absolute Gasteiger partial charge is 0.325 e. The largest absolute Gasteiger partial charge is 0.462 e. The van der Waals surface area contributed by atoms with Crippen LogP contribution in [0.4, 0.5) is 5.95 Å². The van der Waals surface area contributed by atoms with E-state index in [9.17, 15) is 14.4 Å². The van der Waals surface area contributed by atoms with Crippen molar-refractivity contribution in [3.63, 3.8) is 0 Å². The summed E-state index contributed by atoms with van der Waals surface area (Å²) in [5, 5.41) is 2.45. The van der Waals surface area contributed by atoms with Crippen LogP contribution in [-0.4, -0.2) is 57.2 Å². The van der Waals surface area contributed by atoms with Gasteiger partial charge in [-0.15, -0.1) is 0 Å². The lowest BCUT2D eigenvalue weighted by atomic mass is 10.1. The molecule has 12 heteroatoms. The van der Waals surface area contributed by atoms with Gasteiger partial charge in [-0.3, -0.25) is 23.9 Å². The molecule has 164 valence electrons. The van der Waals surface area contributed by atoms with Crippen LogP contribution in [0.1, 0.15) is 5.56 Å². The van der Waals surface area contributed by atoms with E-state index in [1.54, 1.807) is 0 Å². The summed E-state index contributed by atoms with van der Waals surface area (Å²) >= 11 is 0. The minimum atomic E-state index is -0.765. The lowest BCUT2D eigenvalue weighted by Gasteiger charge is -2.12. The number of hydrogen-bond donors (Lipinski definition) is 4. The Labute approximate surface area is 176 Å². The first-order valence-electron chi connectivity index (χ1n) is 9.45. The molecular weight excluding hydrogens is 406 g/mol. The fourth-order valence-corrected chi connectivity index (χ4v) is 2.74. The predicted molar refractivity (Wildman–Crippen MR) is 111 cm³/mol. The van der Waals surface area contributed by atoms with Gasteiger partial charge < -0.3 is 26.3 Å². The number of nitrogens with two attached hydrogens (primary N) is 2. The Bertz CT molecular complexity index is 1100. The monoisotopic (exact) mass is 429 g/mol. The van der Waals surface area contributed by atoms with Crippen LogP contribution in [-0.2, 0) is 32.2 Å². The number of hydrogen-bond acceptors (Lipinski definition) is 9. The lowest BCUT2D eigenvalue weighted by Crippen LogP contribution is -2.44. The molecule has 0 saturated carbocycles. The molecule has 3 aromatic rings. The molecule has 0 aliphatic carbocycles. The number of nitrogen functional groups attached to an aromatic ring is 1. The number of carbonyl (C=O) groups is 2. The van der Waals surface area contributed by atoms with Gasteiger partial charge in [0.15, 0.2) is 11.2 Å². The minimum Gasteiger partial charge on any atom is -0.462 e. The zero-order valence-corrected chi connectivity index (χ0v) is 16.6. The molecule has 0 fully saturated rings. The molecule has 1 aromatic carbocycles. The number of H-pyrrole nitrogens is 1. The number of aromatic amines is 1. The maximum Gasteiger partial charge on any atom is 0.325 e. The average molecular weight is 429 g/mol. The van der Waals surface area contributed by atoms with E-state index in [4.69, 9.17) is 20.9 Å². The van der Waals surface area contributed by atoms with E-state index in [1.165, 1.54) is 10.9 Å². The first kappa shape index (κ1) is 21.9. The van der Waals surface area contributed by atoms with Gasteiger partial charge >= 0.3 is 5.97 Å². The SMILES string of the molecule is Nc1nc2c(ncn2COCCOC(=O)CNC(=O)[C@@H](N)Cc2ccccc2)c(=O)[nH]1. The second kappa shape index (κ2) is 10.3. The number of anilines is 1. The molecule has 0 radical (unpaired) electrons. The minimum absolute atomic E-state index is 0.0203. The Morgan fingerprint density at radius 3 is 2.77 bits per heavy atom. The molecule has 0 saturated heterocycles. The zero-order chi connectivity index (χ0) is 22.2. The van der Waals surface area contributed by atoms with Gasteiger partial charge in [0.05, 0.1) is 19.0 Å². The number of imidazole rings is 1. The van der Waals surface area contributed by atoms with Gasteiger partial charge in [0, 0.05) is 0 Å². The summed E-state index contributed by atoms with van der Waals surface area (Å²) in [5.74, 6) is -1.08. The topological polar surface area (TPSA) is 180 Å². The molecule has 0 unspecified atom stereocenters. The van der Waals surface area contributed by atoms with E-state index in [0.717, 1.165) is 5.56 Å². The number of esters is 1. The summed E-state index contributed by atoms with van der Waals surface area (Å²) in [5.41, 5.74) is 12.3. The second-order valence-electron chi connectivity index (χ2n) is 6.61. The number of nitrogens with one attached hydrogen (secondary N) is 2. The molecule has 3 rings (SSSR count). The van der Waals surface area contributed by atoms with Gasteiger partial charge in [0.1, 0.15) is 19.9 Å². The summed E-state index contributed by atoms with van der Waals surface area (Å²) in [6.45, 7) is -0.187. The van der Waals surface area contributed by atoms with Crippen LogP contribution in [0.2, 0.25) is 0 Å². The Hall–Kier alpha value is -3.77. The van der Waals surface area contributed by atoms with Crippen LogP contribution in [0, 0.1) is 0 Å². The number of rotatable bonds is 10. The molecule has 2 heterocycles. The molecule has 0 aliphatic heterocycles. The van der Waals surface area contributed by atoms with Crippen LogP contribution in [0.5, 0.6) is 0 Å². The van der Waals surface area contributed by atoms with E-state index in [-0.39, 0.29) is 43.6 Å². The van der Waals surface area contributed by atoms with Gasteiger partial charge in [0.2, 0.25) is 11.9 Å². The Morgan fingerprint density at radius 1 is 1.23 bits per heavy atom. The number of aromatic nitrogens is 4. The van der Waals surface area contributed by atoms with Crippen LogP contribution >= 0.6 is 0 Å². The summed E-state index contributed by atoms with van der Waals surface area (Å²) < 4.78 is 11.9. The highest BCUT2D eigenvalue weighted by Crippen LogP contribution is 2.06. The van der Waals surface area contributed by atoms with Gasteiger partial charge in [-0.2, -0.15) is 4.98 Å². The third-order valence-corrected chi connectivity index (χ3v) is 4.26. The summed E-state index contributed by atoms with van der Waals surface area (Å²) in [6.07, 6.45) is 1.76. The normalized spacial score (nSPS) is 11.9. The van der Waals surface area contributed by atoms with E-state index in [1.807, 2.05) is 30.3 Å². The van der Waals surface area contributed by atoms with Crippen LogP contribution in [0.25, 0.3) is 11.2 Å². The quantitative estimate of drug-likeness (QED) is 0.230. The van der Waals surface area contributed by atoms with E-state index >= 15 is 0 Å². The van der Waals surface area contributed by atoms with E-state index in [2.05, 4.69) is 20.3 Å². The molecule has 1 amide bonds. The highest BCUT2D eigenvalue weighted by molar-refractivity contribution is 5.85. The molecule has 6 N–H and O–H groups in total. The molecule has 0 spiro atoms. The lowest BCUT2D eigenvalue weighted by molar-refractivity contribution is -0.145. The molecule has 1 atom stereocenters. The molecule has 31 heavy (non-hydrogen) atoms. The Morgan fingerprint density at radius 2 is 2.00 bits per heavy atom. The van der Waals surface area contributed by atoms with Gasteiger partial charge in [-0.1, -0.05) is 30.3 Å². The van der Waals surface area contributed by atoms with Gasteiger partial charge in [-0.25, -0.2) is 4.98 Å². The van der Waals surface area contributed by atoms with Crippen molar-refractivity contribution in [1.82, 2.24) is 24.8 Å². The Balaban J connectivity index is 1.33. The van der Waals surface area contributed by atoms with Gasteiger partial charge in [0.25, 0.3) is 5.56 Å². The van der Waals surface area contributed by atoms with Crippen molar-refractivity contribution in [3.8, 4) is 0 Å². The zero-order valence-electron chi connectivity index (χ0n) is 16.6. The maximum absolute atomic E-state index is 12.0. The fourth-order valence-electron chi connectivity index (χ4n) is 2.74. The highest BCUT2D eigenvalue weighted by atomic mass is 16.6. The Kier molecular flexibility index (Phi) is 7.30. The molecule has 2 aromatic heterocycles. The number of ether oxygens (including phenoxy) is 2. The predicted octanol–water partition coefficient (Wildman–Crippen LogP) is -1.09. The number of nitrogens with zero attached hydrogens (tertiary/aromatic N) is 3. The van der Waals surface area contributed by atoms with E-state index in [0.29, 0.717) is 6.42 Å². The van der Waals surface area contributed by atoms with Crippen molar-refractivity contribution in [2.24, 2.45) is 5.73 Å². The van der Waals surface area contributed by atoms with Crippen molar-refractivity contribution < 1.29 is 19.1 Å². The van der Waals surface area contributed by atoms with E-state index < -0.39 is 23.5 Å². The molecule has 0 aliphatic rings. The summed E-state index contributed by atoms with van der Waals surface area (Å²) in [7, 11) is 0. The van der Waals surface area contributed by atoms with Gasteiger partial charge in [-0.05, 0) is 12.0 Å². The third-order valence-electron chi connectivity index (χ3n) is 4.26. The number of carbonyl (C=O) groups excluding carboxylic acids is 2. The number of fused-ring (bicyclic) bond motifs is 1. The highest BCUT2D eigenvalue weighted by Gasteiger charge is 2.15. The van der Waals surface area contributed by atoms with Crippen LogP contribution < -0.4 is 22.3 Å². The maximum atomic E-state index is 12.0. The second-order valence-corrected chi connectivity index (χ2v) is 6.61. The molecular formula is C19H23N7O5. The van der Waals surface area contributed by atoms with Crippen LogP contribution in [0.15, 0.2) is 41.5 Å². The van der Waals surface area contributed by atoms with Crippen molar-refractivity contribution in [2.75, 3.05) is 25.5 Å². The third kappa shape index (κ3) is 6.10. The first-order chi connectivity index (χ1) is 14.9. The average Bonchev–Trinajstić information content (AvgIpc) is 3.15. The van der Waals surface area contributed by atoms with Crippen molar-refractivity contribution in [2.45, 2.75) is 19.2 Å². The van der Waals surface area contributed by atoms with Crippen molar-refractivity contribution in [1.29, 1.82) is 0 Å². The summed E-state index contributed by atoms with van der Waals surface area (Å²) in [4.78, 5) is 45.8. The van der Waals surface area contributed by atoms with Crippen molar-refractivity contribution >= 4 is 29.0 Å². The number of amides is 1. The van der Waals surface area contributed by atoms with Crippen molar-refractivity contribution in [3.05, 3.63) is 52.6 Å².